The highest BCUT2D eigenvalue weighted by atomic mass is 35.5. The molecule has 1 aromatic rings. The van der Waals surface area contributed by atoms with E-state index in [0.29, 0.717) is 24.0 Å². The van der Waals surface area contributed by atoms with Crippen molar-refractivity contribution < 1.29 is 5.11 Å². The number of nitrogens with zero attached hydrogens (tertiary/aromatic N) is 2. The van der Waals surface area contributed by atoms with Crippen LogP contribution in [0.2, 0.25) is 5.02 Å². The molecule has 1 atom stereocenters. The van der Waals surface area contributed by atoms with Gasteiger partial charge in [0.05, 0.1) is 22.0 Å². The molecule has 4 nitrogen and oxygen atoms in total. The second kappa shape index (κ2) is 6.04. The standard InChI is InChI=1S/C13H24ClN3O/c1-6-17-11(12(14)10(4)16-17)7-13(5,18)8-15-9(2)3/h9,15,18H,6-8H2,1-5H3. The first-order valence-corrected chi connectivity index (χ1v) is 6.82. The fraction of sp³-hybridized carbons (Fsp3) is 0.769. The molecule has 104 valence electrons. The van der Waals surface area contributed by atoms with Crippen LogP contribution in [0, 0.1) is 6.92 Å². The van der Waals surface area contributed by atoms with E-state index in [1.165, 1.54) is 0 Å². The van der Waals surface area contributed by atoms with Gasteiger partial charge < -0.3 is 10.4 Å². The highest BCUT2D eigenvalue weighted by Crippen LogP contribution is 2.24. The van der Waals surface area contributed by atoms with Gasteiger partial charge >= 0.3 is 0 Å². The second-order valence-corrected chi connectivity index (χ2v) is 5.75. The minimum atomic E-state index is -0.826. The molecular weight excluding hydrogens is 250 g/mol. The summed E-state index contributed by atoms with van der Waals surface area (Å²) < 4.78 is 1.86. The fourth-order valence-electron chi connectivity index (χ4n) is 1.89. The Morgan fingerprint density at radius 1 is 1.50 bits per heavy atom. The highest BCUT2D eigenvalue weighted by molar-refractivity contribution is 6.31. The molecule has 0 saturated carbocycles. The number of aryl methyl sites for hydroxylation is 2. The van der Waals surface area contributed by atoms with Crippen molar-refractivity contribution in [2.75, 3.05) is 6.54 Å². The largest absolute Gasteiger partial charge is 0.388 e. The zero-order chi connectivity index (χ0) is 13.9. The van der Waals surface area contributed by atoms with Crippen molar-refractivity contribution in [2.45, 2.75) is 59.2 Å². The maximum Gasteiger partial charge on any atom is 0.0848 e. The third-order valence-electron chi connectivity index (χ3n) is 2.89. The van der Waals surface area contributed by atoms with Crippen LogP contribution in [-0.2, 0) is 13.0 Å². The molecule has 1 aromatic heterocycles. The summed E-state index contributed by atoms with van der Waals surface area (Å²) in [4.78, 5) is 0. The Balaban J connectivity index is 2.82. The summed E-state index contributed by atoms with van der Waals surface area (Å²) in [7, 11) is 0. The van der Waals surface area contributed by atoms with Gasteiger partial charge in [-0.2, -0.15) is 5.10 Å². The predicted octanol–water partition coefficient (Wildman–Crippen LogP) is 2.16. The van der Waals surface area contributed by atoms with Crippen LogP contribution < -0.4 is 5.32 Å². The quantitative estimate of drug-likeness (QED) is 0.835. The van der Waals surface area contributed by atoms with Gasteiger partial charge in [-0.25, -0.2) is 0 Å². The van der Waals surface area contributed by atoms with E-state index < -0.39 is 5.60 Å². The summed E-state index contributed by atoms with van der Waals surface area (Å²) in [6, 6.07) is 0.352. The van der Waals surface area contributed by atoms with E-state index in [4.69, 9.17) is 11.6 Å². The lowest BCUT2D eigenvalue weighted by atomic mass is 9.99. The van der Waals surface area contributed by atoms with Crippen molar-refractivity contribution in [3.63, 3.8) is 0 Å². The average molecular weight is 274 g/mol. The molecule has 0 bridgehead atoms. The van der Waals surface area contributed by atoms with Gasteiger partial charge in [0, 0.05) is 25.6 Å². The molecule has 1 heterocycles. The van der Waals surface area contributed by atoms with E-state index in [1.807, 2.05) is 25.5 Å². The van der Waals surface area contributed by atoms with E-state index in [-0.39, 0.29) is 0 Å². The number of nitrogens with one attached hydrogen (secondary N) is 1. The third-order valence-corrected chi connectivity index (χ3v) is 3.38. The van der Waals surface area contributed by atoms with Crippen LogP contribution in [-0.4, -0.2) is 33.1 Å². The van der Waals surface area contributed by atoms with Crippen LogP contribution in [0.5, 0.6) is 0 Å². The molecule has 1 unspecified atom stereocenters. The monoisotopic (exact) mass is 273 g/mol. The maximum absolute atomic E-state index is 10.4. The SMILES string of the molecule is CCn1nc(C)c(Cl)c1CC(C)(O)CNC(C)C. The van der Waals surface area contributed by atoms with Crippen LogP contribution in [0.15, 0.2) is 0 Å². The van der Waals surface area contributed by atoms with Crippen molar-refractivity contribution in [2.24, 2.45) is 0 Å². The Bertz CT molecular complexity index is 399. The molecular formula is C13H24ClN3O. The fourth-order valence-corrected chi connectivity index (χ4v) is 2.09. The number of aliphatic hydroxyl groups is 1. The molecule has 0 radical (unpaired) electrons. The summed E-state index contributed by atoms with van der Waals surface area (Å²) in [6.07, 6.45) is 0.500. The topological polar surface area (TPSA) is 50.1 Å². The molecule has 0 aliphatic carbocycles. The average Bonchev–Trinajstić information content (AvgIpc) is 2.54. The van der Waals surface area contributed by atoms with Crippen molar-refractivity contribution in [1.82, 2.24) is 15.1 Å². The van der Waals surface area contributed by atoms with Gasteiger partial charge in [-0.05, 0) is 20.8 Å². The van der Waals surface area contributed by atoms with Crippen LogP contribution in [0.25, 0.3) is 0 Å². The highest BCUT2D eigenvalue weighted by Gasteiger charge is 2.25. The Labute approximate surface area is 114 Å². The van der Waals surface area contributed by atoms with E-state index in [9.17, 15) is 5.11 Å². The van der Waals surface area contributed by atoms with E-state index in [2.05, 4.69) is 24.3 Å². The van der Waals surface area contributed by atoms with Crippen LogP contribution >= 0.6 is 11.6 Å². The molecule has 0 aliphatic heterocycles. The molecule has 0 spiro atoms. The first-order chi connectivity index (χ1) is 8.26. The lowest BCUT2D eigenvalue weighted by molar-refractivity contribution is 0.0561. The Hall–Kier alpha value is -0.580. The molecule has 0 aliphatic rings. The maximum atomic E-state index is 10.4. The first-order valence-electron chi connectivity index (χ1n) is 6.44. The number of hydrogen-bond acceptors (Lipinski definition) is 3. The number of hydrogen-bond donors (Lipinski definition) is 2. The Morgan fingerprint density at radius 3 is 2.61 bits per heavy atom. The van der Waals surface area contributed by atoms with Crippen molar-refractivity contribution >= 4 is 11.6 Å². The Morgan fingerprint density at radius 2 is 2.11 bits per heavy atom. The van der Waals surface area contributed by atoms with Gasteiger partial charge in [-0.3, -0.25) is 4.68 Å². The first kappa shape index (κ1) is 15.5. The lowest BCUT2D eigenvalue weighted by Gasteiger charge is -2.25. The van der Waals surface area contributed by atoms with E-state index >= 15 is 0 Å². The summed E-state index contributed by atoms with van der Waals surface area (Å²) in [6.45, 7) is 11.1. The van der Waals surface area contributed by atoms with Crippen molar-refractivity contribution in [3.05, 3.63) is 16.4 Å². The molecule has 18 heavy (non-hydrogen) atoms. The molecule has 0 aromatic carbocycles. The van der Waals surface area contributed by atoms with Crippen molar-refractivity contribution in [1.29, 1.82) is 0 Å². The van der Waals surface area contributed by atoms with Gasteiger partial charge in [0.15, 0.2) is 0 Å². The lowest BCUT2D eigenvalue weighted by Crippen LogP contribution is -2.42. The zero-order valence-corrected chi connectivity index (χ0v) is 12.7. The van der Waals surface area contributed by atoms with Crippen LogP contribution in [0.4, 0.5) is 0 Å². The smallest absolute Gasteiger partial charge is 0.0848 e. The molecule has 0 saturated heterocycles. The third kappa shape index (κ3) is 3.97. The number of halogens is 1. The van der Waals surface area contributed by atoms with Crippen molar-refractivity contribution in [3.8, 4) is 0 Å². The Kier molecular flexibility index (Phi) is 5.20. The summed E-state index contributed by atoms with van der Waals surface area (Å²) in [5.74, 6) is 0. The molecule has 1 rings (SSSR count). The van der Waals surface area contributed by atoms with E-state index in [0.717, 1.165) is 17.9 Å². The second-order valence-electron chi connectivity index (χ2n) is 5.37. The minimum absolute atomic E-state index is 0.352. The van der Waals surface area contributed by atoms with Gasteiger partial charge in [0.2, 0.25) is 0 Å². The van der Waals surface area contributed by atoms with Gasteiger partial charge in [0.1, 0.15) is 0 Å². The van der Waals surface area contributed by atoms with Crippen LogP contribution in [0.3, 0.4) is 0 Å². The zero-order valence-electron chi connectivity index (χ0n) is 11.9. The summed E-state index contributed by atoms with van der Waals surface area (Å²) in [5, 5.41) is 18.7. The molecule has 0 amide bonds. The predicted molar refractivity (Wildman–Crippen MR) is 75.1 cm³/mol. The molecule has 2 N–H and O–H groups in total. The normalized spacial score (nSPS) is 15.1. The summed E-state index contributed by atoms with van der Waals surface area (Å²) >= 11 is 6.25. The van der Waals surface area contributed by atoms with Gasteiger partial charge in [-0.15, -0.1) is 0 Å². The number of aromatic nitrogens is 2. The summed E-state index contributed by atoms with van der Waals surface area (Å²) in [5.41, 5.74) is 0.904. The molecule has 0 fully saturated rings. The van der Waals surface area contributed by atoms with Gasteiger partial charge in [0.25, 0.3) is 0 Å². The van der Waals surface area contributed by atoms with Gasteiger partial charge in [-0.1, -0.05) is 25.4 Å². The molecule has 5 heteroatoms. The van der Waals surface area contributed by atoms with E-state index in [1.54, 1.807) is 0 Å². The minimum Gasteiger partial charge on any atom is -0.388 e. The number of rotatable bonds is 6. The van der Waals surface area contributed by atoms with Crippen LogP contribution in [0.1, 0.15) is 39.1 Å².